The van der Waals surface area contributed by atoms with Gasteiger partial charge in [0.25, 0.3) is 0 Å². The van der Waals surface area contributed by atoms with Gasteiger partial charge in [-0.1, -0.05) is 0 Å². The fraction of sp³-hybridized carbons (Fsp3) is 0.400. The van der Waals surface area contributed by atoms with Crippen molar-refractivity contribution in [2.45, 2.75) is 39.3 Å². The molecule has 1 atom stereocenters. The van der Waals surface area contributed by atoms with Gasteiger partial charge in [0.1, 0.15) is 5.82 Å². The fourth-order valence-electron chi connectivity index (χ4n) is 3.84. The number of hydrogen-bond donors (Lipinski definition) is 1. The van der Waals surface area contributed by atoms with E-state index < -0.39 is 0 Å². The van der Waals surface area contributed by atoms with Gasteiger partial charge in [-0.2, -0.15) is 5.10 Å². The van der Waals surface area contributed by atoms with Crippen molar-refractivity contribution in [3.05, 3.63) is 59.3 Å². The predicted molar refractivity (Wildman–Crippen MR) is 105 cm³/mol. The Morgan fingerprint density at radius 1 is 1.15 bits per heavy atom. The lowest BCUT2D eigenvalue weighted by Crippen LogP contribution is -2.23. The van der Waals surface area contributed by atoms with Gasteiger partial charge in [-0.25, -0.2) is 15.0 Å². The van der Waals surface area contributed by atoms with Crippen molar-refractivity contribution < 1.29 is 0 Å². The average molecular weight is 363 g/mol. The van der Waals surface area contributed by atoms with E-state index in [9.17, 15) is 0 Å². The van der Waals surface area contributed by atoms with E-state index in [1.165, 1.54) is 23.2 Å². The second kappa shape index (κ2) is 7.44. The lowest BCUT2D eigenvalue weighted by molar-refractivity contribution is 0.247. The summed E-state index contributed by atoms with van der Waals surface area (Å²) >= 11 is 0. The zero-order valence-corrected chi connectivity index (χ0v) is 16.1. The fourth-order valence-corrected chi connectivity index (χ4v) is 3.84. The predicted octanol–water partition coefficient (Wildman–Crippen LogP) is 3.30. The normalized spacial score (nSPS) is 17.4. The molecule has 1 saturated heterocycles. The number of rotatable bonds is 5. The molecule has 0 aliphatic carbocycles. The summed E-state index contributed by atoms with van der Waals surface area (Å²) in [6.07, 6.45) is 7.66. The van der Waals surface area contributed by atoms with E-state index in [0.29, 0.717) is 12.0 Å². The Labute approximate surface area is 159 Å². The summed E-state index contributed by atoms with van der Waals surface area (Å²) in [5, 5.41) is 7.76. The molecule has 3 aromatic rings. The Kier molecular flexibility index (Phi) is 4.85. The third-order valence-corrected chi connectivity index (χ3v) is 5.36. The number of aromatic nitrogens is 5. The Balaban J connectivity index is 1.54. The Bertz CT molecular complexity index is 919. The summed E-state index contributed by atoms with van der Waals surface area (Å²) in [7, 11) is 2.01. The second-order valence-electron chi connectivity index (χ2n) is 7.07. The van der Waals surface area contributed by atoms with Gasteiger partial charge >= 0.3 is 0 Å². The molecule has 0 amide bonds. The molecule has 0 aromatic carbocycles. The number of likely N-dealkylation sites (tertiary alicyclic amines) is 1. The maximum atomic E-state index is 4.57. The van der Waals surface area contributed by atoms with Crippen molar-refractivity contribution in [1.29, 1.82) is 0 Å². The van der Waals surface area contributed by atoms with Crippen LogP contribution in [-0.4, -0.2) is 36.2 Å². The molecule has 1 N–H and O–H groups in total. The maximum absolute atomic E-state index is 4.57. The number of hydrogen-bond acceptors (Lipinski definition) is 6. The Morgan fingerprint density at radius 2 is 1.96 bits per heavy atom. The van der Waals surface area contributed by atoms with Gasteiger partial charge in [0, 0.05) is 49.5 Å². The number of aryl methyl sites for hydroxylation is 2. The molecule has 3 aromatic heterocycles. The summed E-state index contributed by atoms with van der Waals surface area (Å²) in [6.45, 7) is 6.28. The van der Waals surface area contributed by atoms with E-state index in [-0.39, 0.29) is 0 Å². The van der Waals surface area contributed by atoms with Crippen molar-refractivity contribution in [2.24, 2.45) is 7.05 Å². The van der Waals surface area contributed by atoms with Crippen LogP contribution in [0.15, 0.2) is 36.8 Å². The van der Waals surface area contributed by atoms with Crippen molar-refractivity contribution in [1.82, 2.24) is 29.6 Å². The first-order valence-electron chi connectivity index (χ1n) is 9.35. The smallest absolute Gasteiger partial charge is 0.228 e. The van der Waals surface area contributed by atoms with Crippen LogP contribution in [0.4, 0.5) is 11.8 Å². The molecule has 0 bridgehead atoms. The van der Waals surface area contributed by atoms with Crippen LogP contribution in [0.5, 0.6) is 0 Å². The van der Waals surface area contributed by atoms with Gasteiger partial charge in [-0.05, 0) is 57.0 Å². The van der Waals surface area contributed by atoms with Crippen LogP contribution in [-0.2, 0) is 13.6 Å². The minimum Gasteiger partial charge on any atom is -0.309 e. The minimum absolute atomic E-state index is 0.393. The lowest BCUT2D eigenvalue weighted by atomic mass is 10.0. The quantitative estimate of drug-likeness (QED) is 0.750. The first-order chi connectivity index (χ1) is 13.1. The molecule has 1 aliphatic rings. The topological polar surface area (TPSA) is 71.8 Å². The number of anilines is 2. The summed E-state index contributed by atoms with van der Waals surface area (Å²) in [4.78, 5) is 15.4. The molecule has 1 fully saturated rings. The van der Waals surface area contributed by atoms with Gasteiger partial charge in [0.05, 0.1) is 5.69 Å². The number of pyridine rings is 1. The van der Waals surface area contributed by atoms with E-state index >= 15 is 0 Å². The molecule has 4 heterocycles. The van der Waals surface area contributed by atoms with E-state index in [1.54, 1.807) is 18.5 Å². The highest BCUT2D eigenvalue weighted by Gasteiger charge is 2.28. The van der Waals surface area contributed by atoms with E-state index in [4.69, 9.17) is 0 Å². The van der Waals surface area contributed by atoms with Crippen LogP contribution < -0.4 is 5.32 Å². The molecule has 0 saturated carbocycles. The van der Waals surface area contributed by atoms with Crippen molar-refractivity contribution >= 4 is 11.8 Å². The average Bonchev–Trinajstić information content (AvgIpc) is 3.23. The van der Waals surface area contributed by atoms with E-state index in [0.717, 1.165) is 31.0 Å². The van der Waals surface area contributed by atoms with Crippen LogP contribution in [0.25, 0.3) is 0 Å². The SMILES string of the molecule is Cc1nn(C)c(C)c1CN1CCC[C@@H]1c1ccnc(Nc2ncccn2)c1. The molecule has 7 nitrogen and oxygen atoms in total. The van der Waals surface area contributed by atoms with Gasteiger partial charge in [-0.3, -0.25) is 9.58 Å². The first-order valence-corrected chi connectivity index (χ1v) is 9.35. The van der Waals surface area contributed by atoms with Crippen molar-refractivity contribution in [3.8, 4) is 0 Å². The maximum Gasteiger partial charge on any atom is 0.228 e. The Hall–Kier alpha value is -2.80. The van der Waals surface area contributed by atoms with Crippen LogP contribution in [0.2, 0.25) is 0 Å². The molecule has 0 unspecified atom stereocenters. The first kappa shape index (κ1) is 17.6. The number of nitrogens with one attached hydrogen (secondary N) is 1. The van der Waals surface area contributed by atoms with Crippen LogP contribution in [0, 0.1) is 13.8 Å². The molecule has 27 heavy (non-hydrogen) atoms. The minimum atomic E-state index is 0.393. The van der Waals surface area contributed by atoms with E-state index in [1.807, 2.05) is 17.9 Å². The summed E-state index contributed by atoms with van der Waals surface area (Å²) in [6, 6.07) is 6.42. The van der Waals surface area contributed by atoms with Crippen LogP contribution in [0.3, 0.4) is 0 Å². The standard InChI is InChI=1S/C20H25N7/c1-14-17(15(2)26(3)25-14)13-27-11-4-6-18(27)16-7-10-21-19(12-16)24-20-22-8-5-9-23-20/h5,7-10,12,18H,4,6,11,13H2,1-3H3,(H,21,22,23,24)/t18-/m1/s1. The van der Waals surface area contributed by atoms with Crippen molar-refractivity contribution in [2.75, 3.05) is 11.9 Å². The molecule has 4 rings (SSSR count). The second-order valence-corrected chi connectivity index (χ2v) is 7.07. The van der Waals surface area contributed by atoms with Gasteiger partial charge < -0.3 is 5.32 Å². The zero-order chi connectivity index (χ0) is 18.8. The van der Waals surface area contributed by atoms with E-state index in [2.05, 4.69) is 56.2 Å². The highest BCUT2D eigenvalue weighted by Crippen LogP contribution is 2.34. The summed E-state index contributed by atoms with van der Waals surface area (Å²) in [5.41, 5.74) is 4.99. The van der Waals surface area contributed by atoms with Gasteiger partial charge in [0.15, 0.2) is 0 Å². The molecular formula is C20H25N7. The molecular weight excluding hydrogens is 338 g/mol. The Morgan fingerprint density at radius 3 is 2.70 bits per heavy atom. The monoisotopic (exact) mass is 363 g/mol. The van der Waals surface area contributed by atoms with Gasteiger partial charge in [-0.15, -0.1) is 0 Å². The summed E-state index contributed by atoms with van der Waals surface area (Å²) < 4.78 is 1.98. The highest BCUT2D eigenvalue weighted by atomic mass is 15.3. The number of nitrogens with zero attached hydrogens (tertiary/aromatic N) is 6. The van der Waals surface area contributed by atoms with Crippen LogP contribution >= 0.6 is 0 Å². The highest BCUT2D eigenvalue weighted by molar-refractivity contribution is 5.48. The molecule has 140 valence electrons. The van der Waals surface area contributed by atoms with Crippen molar-refractivity contribution in [3.63, 3.8) is 0 Å². The van der Waals surface area contributed by atoms with Crippen LogP contribution in [0.1, 0.15) is 41.4 Å². The third-order valence-electron chi connectivity index (χ3n) is 5.36. The molecule has 7 heteroatoms. The molecule has 0 spiro atoms. The van der Waals surface area contributed by atoms with Gasteiger partial charge in [0.2, 0.25) is 5.95 Å². The third kappa shape index (κ3) is 3.68. The molecule has 1 aliphatic heterocycles. The summed E-state index contributed by atoms with van der Waals surface area (Å²) in [5.74, 6) is 1.34. The largest absolute Gasteiger partial charge is 0.309 e. The zero-order valence-electron chi connectivity index (χ0n) is 16.1. The lowest BCUT2D eigenvalue weighted by Gasteiger charge is -2.25. The molecule has 0 radical (unpaired) electrons.